The maximum Gasteiger partial charge on any atom is 0.273 e. The quantitative estimate of drug-likeness (QED) is 0.816. The Balaban J connectivity index is 1.63. The second kappa shape index (κ2) is 8.05. The largest absolute Gasteiger partial charge is 0.497 e. The van der Waals surface area contributed by atoms with Crippen LogP contribution in [0.4, 0.5) is 0 Å². The van der Waals surface area contributed by atoms with Crippen molar-refractivity contribution in [3.63, 3.8) is 0 Å². The van der Waals surface area contributed by atoms with Crippen molar-refractivity contribution < 1.29 is 18.8 Å². The molecule has 0 radical (unpaired) electrons. The van der Waals surface area contributed by atoms with Gasteiger partial charge in [-0.1, -0.05) is 11.6 Å². The molecule has 0 atom stereocenters. The first kappa shape index (κ1) is 17.3. The first-order chi connectivity index (χ1) is 12.2. The molecule has 1 amide bonds. The third-order valence-electron chi connectivity index (χ3n) is 4.58. The van der Waals surface area contributed by atoms with Crippen LogP contribution in [0.1, 0.15) is 46.6 Å². The molecule has 1 aromatic heterocycles. The number of amides is 1. The molecule has 1 aliphatic rings. The van der Waals surface area contributed by atoms with Crippen molar-refractivity contribution in [2.45, 2.75) is 38.5 Å². The fourth-order valence-corrected chi connectivity index (χ4v) is 3.21. The van der Waals surface area contributed by atoms with E-state index in [2.05, 4.69) is 10.5 Å². The summed E-state index contributed by atoms with van der Waals surface area (Å²) in [5, 5.41) is 6.93. The van der Waals surface area contributed by atoms with Gasteiger partial charge in [0.1, 0.15) is 17.3 Å². The second-order valence-electron chi connectivity index (χ2n) is 6.18. The first-order valence-electron chi connectivity index (χ1n) is 8.69. The molecule has 0 bridgehead atoms. The maximum atomic E-state index is 12.5. The van der Waals surface area contributed by atoms with Crippen molar-refractivity contribution in [3.05, 3.63) is 40.8 Å². The zero-order valence-corrected chi connectivity index (χ0v) is 14.8. The number of ether oxygens (including phenoxy) is 2. The van der Waals surface area contributed by atoms with Gasteiger partial charge in [0.25, 0.3) is 5.91 Å². The maximum absolute atomic E-state index is 12.5. The van der Waals surface area contributed by atoms with Crippen molar-refractivity contribution >= 4 is 5.91 Å². The molecule has 0 aliphatic heterocycles. The molecule has 6 nitrogen and oxygen atoms in total. The zero-order valence-electron chi connectivity index (χ0n) is 14.8. The molecule has 0 unspecified atom stereocenters. The monoisotopic (exact) mass is 344 g/mol. The standard InChI is InChI=1S/C19H24N2O4/c1-23-14-8-9-16(24-2)13(12-14)10-11-20-19(22)18-15-6-4-3-5-7-17(15)25-21-18/h8-9,12H,3-7,10-11H2,1-2H3,(H,20,22). The van der Waals surface area contributed by atoms with E-state index in [0.29, 0.717) is 18.7 Å². The topological polar surface area (TPSA) is 73.6 Å². The van der Waals surface area contributed by atoms with Gasteiger partial charge in [-0.25, -0.2) is 0 Å². The fourth-order valence-electron chi connectivity index (χ4n) is 3.21. The van der Waals surface area contributed by atoms with Gasteiger partial charge in [0.15, 0.2) is 5.69 Å². The summed E-state index contributed by atoms with van der Waals surface area (Å²) in [5.74, 6) is 2.25. The Morgan fingerprint density at radius 3 is 2.84 bits per heavy atom. The van der Waals surface area contributed by atoms with Gasteiger partial charge in [0, 0.05) is 18.5 Å². The highest BCUT2D eigenvalue weighted by Crippen LogP contribution is 2.25. The summed E-state index contributed by atoms with van der Waals surface area (Å²) in [7, 11) is 3.26. The number of carbonyl (C=O) groups is 1. The number of benzene rings is 1. The van der Waals surface area contributed by atoms with E-state index in [1.807, 2.05) is 18.2 Å². The van der Waals surface area contributed by atoms with Crippen LogP contribution in [-0.2, 0) is 19.3 Å². The summed E-state index contributed by atoms with van der Waals surface area (Å²) in [6.07, 6.45) is 5.73. The molecule has 0 saturated heterocycles. The Morgan fingerprint density at radius 2 is 2.04 bits per heavy atom. The van der Waals surface area contributed by atoms with Gasteiger partial charge in [-0.05, 0) is 49.4 Å². The van der Waals surface area contributed by atoms with Crippen LogP contribution in [0, 0.1) is 0 Å². The van der Waals surface area contributed by atoms with Crippen LogP contribution in [0.5, 0.6) is 11.5 Å². The lowest BCUT2D eigenvalue weighted by atomic mass is 10.1. The van der Waals surface area contributed by atoms with E-state index >= 15 is 0 Å². The summed E-state index contributed by atoms with van der Waals surface area (Å²) in [6, 6.07) is 5.65. The molecule has 3 rings (SSSR count). The smallest absolute Gasteiger partial charge is 0.273 e. The summed E-state index contributed by atoms with van der Waals surface area (Å²) in [4.78, 5) is 12.5. The highest BCUT2D eigenvalue weighted by atomic mass is 16.5. The molecule has 0 spiro atoms. The number of nitrogens with one attached hydrogen (secondary N) is 1. The number of hydrogen-bond acceptors (Lipinski definition) is 5. The van der Waals surface area contributed by atoms with Crippen molar-refractivity contribution in [2.24, 2.45) is 0 Å². The molecule has 25 heavy (non-hydrogen) atoms. The van der Waals surface area contributed by atoms with Gasteiger partial charge in [-0.3, -0.25) is 4.79 Å². The van der Waals surface area contributed by atoms with E-state index < -0.39 is 0 Å². The molecule has 1 N–H and O–H groups in total. The van der Waals surface area contributed by atoms with Gasteiger partial charge < -0.3 is 19.3 Å². The van der Waals surface area contributed by atoms with Gasteiger partial charge in [-0.15, -0.1) is 0 Å². The molecule has 0 fully saturated rings. The average molecular weight is 344 g/mol. The molecule has 134 valence electrons. The minimum Gasteiger partial charge on any atom is -0.497 e. The number of nitrogens with zero attached hydrogens (tertiary/aromatic N) is 1. The minimum absolute atomic E-state index is 0.172. The second-order valence-corrected chi connectivity index (χ2v) is 6.18. The van der Waals surface area contributed by atoms with Gasteiger partial charge in [0.2, 0.25) is 0 Å². The Hall–Kier alpha value is -2.50. The number of rotatable bonds is 6. The van der Waals surface area contributed by atoms with Crippen LogP contribution < -0.4 is 14.8 Å². The number of methoxy groups -OCH3 is 2. The first-order valence-corrected chi connectivity index (χ1v) is 8.69. The summed E-state index contributed by atoms with van der Waals surface area (Å²) in [5.41, 5.74) is 2.41. The molecular formula is C19H24N2O4. The van der Waals surface area contributed by atoms with Crippen LogP contribution in [0.15, 0.2) is 22.7 Å². The Labute approximate surface area is 147 Å². The molecule has 1 heterocycles. The highest BCUT2D eigenvalue weighted by Gasteiger charge is 2.22. The van der Waals surface area contributed by atoms with Crippen LogP contribution in [0.2, 0.25) is 0 Å². The predicted octanol–water partition coefficient (Wildman–Crippen LogP) is 2.93. The summed E-state index contributed by atoms with van der Waals surface area (Å²) < 4.78 is 16.0. The van der Waals surface area contributed by atoms with E-state index in [9.17, 15) is 4.79 Å². The average Bonchev–Trinajstić information content (AvgIpc) is 2.90. The Morgan fingerprint density at radius 1 is 1.20 bits per heavy atom. The molecule has 6 heteroatoms. The number of aromatic nitrogens is 1. The zero-order chi connectivity index (χ0) is 17.6. The third kappa shape index (κ3) is 3.95. The lowest BCUT2D eigenvalue weighted by Crippen LogP contribution is -2.27. The summed E-state index contributed by atoms with van der Waals surface area (Å²) >= 11 is 0. The minimum atomic E-state index is -0.172. The summed E-state index contributed by atoms with van der Waals surface area (Å²) in [6.45, 7) is 0.490. The number of hydrogen-bond donors (Lipinski definition) is 1. The van der Waals surface area contributed by atoms with Gasteiger partial charge in [0.05, 0.1) is 14.2 Å². The van der Waals surface area contributed by atoms with Crippen molar-refractivity contribution in [1.29, 1.82) is 0 Å². The molecular weight excluding hydrogens is 320 g/mol. The normalized spacial score (nSPS) is 13.7. The fraction of sp³-hybridized carbons (Fsp3) is 0.474. The number of fused-ring (bicyclic) bond motifs is 1. The van der Waals surface area contributed by atoms with Crippen molar-refractivity contribution in [2.75, 3.05) is 20.8 Å². The lowest BCUT2D eigenvalue weighted by Gasteiger charge is -2.11. The SMILES string of the molecule is COc1ccc(OC)c(CCNC(=O)c2noc3c2CCCCC3)c1. The van der Waals surface area contributed by atoms with E-state index in [0.717, 1.165) is 54.1 Å². The lowest BCUT2D eigenvalue weighted by molar-refractivity contribution is 0.0944. The molecule has 1 aliphatic carbocycles. The number of carbonyl (C=O) groups excluding carboxylic acids is 1. The third-order valence-corrected chi connectivity index (χ3v) is 4.58. The van der Waals surface area contributed by atoms with Crippen LogP contribution >= 0.6 is 0 Å². The van der Waals surface area contributed by atoms with E-state index in [-0.39, 0.29) is 5.91 Å². The molecule has 2 aromatic rings. The van der Waals surface area contributed by atoms with E-state index in [1.165, 1.54) is 6.42 Å². The Kier molecular flexibility index (Phi) is 5.58. The van der Waals surface area contributed by atoms with Crippen LogP contribution in [0.25, 0.3) is 0 Å². The van der Waals surface area contributed by atoms with E-state index in [4.69, 9.17) is 14.0 Å². The Bertz CT molecular complexity index is 739. The van der Waals surface area contributed by atoms with Crippen LogP contribution in [0.3, 0.4) is 0 Å². The van der Waals surface area contributed by atoms with Gasteiger partial charge >= 0.3 is 0 Å². The van der Waals surface area contributed by atoms with Gasteiger partial charge in [-0.2, -0.15) is 0 Å². The highest BCUT2D eigenvalue weighted by molar-refractivity contribution is 5.93. The molecule has 0 saturated carbocycles. The number of aryl methyl sites for hydroxylation is 1. The van der Waals surface area contributed by atoms with Crippen molar-refractivity contribution in [3.8, 4) is 11.5 Å². The predicted molar refractivity (Wildman–Crippen MR) is 93.3 cm³/mol. The molecule has 1 aromatic carbocycles. The van der Waals surface area contributed by atoms with Crippen molar-refractivity contribution in [1.82, 2.24) is 10.5 Å². The van der Waals surface area contributed by atoms with Crippen LogP contribution in [-0.4, -0.2) is 31.8 Å². The van der Waals surface area contributed by atoms with E-state index in [1.54, 1.807) is 14.2 Å².